The molecule has 0 aliphatic carbocycles. The number of anilines is 3. The minimum atomic E-state index is -0.850. The van der Waals surface area contributed by atoms with Gasteiger partial charge in [0.05, 0.1) is 18.8 Å². The number of ether oxygens (including phenoxy) is 1. The lowest BCUT2D eigenvalue weighted by molar-refractivity contribution is 0.0883. The van der Waals surface area contributed by atoms with Gasteiger partial charge in [-0.15, -0.1) is 0 Å². The molecule has 0 radical (unpaired) electrons. The van der Waals surface area contributed by atoms with Crippen molar-refractivity contribution < 1.29 is 9.84 Å². The highest BCUT2D eigenvalue weighted by Crippen LogP contribution is 2.18. The molecule has 0 spiro atoms. The number of nitrogens with zero attached hydrogens (tertiary/aromatic N) is 5. The quantitative estimate of drug-likeness (QED) is 0.475. The van der Waals surface area contributed by atoms with Crippen LogP contribution in [0.4, 0.5) is 17.8 Å². The number of hydrogen-bond donors (Lipinski definition) is 3. The standard InChI is InChI=1S/C12H23N7O2/c1-12(2,20)8-18(3)10-14-9(17-13)15-11(16-10)19-4-6-21-7-5-19/h20H,4-8,13H2,1-3H3,(H,14,15,16,17). The molecular weight excluding hydrogens is 274 g/mol. The predicted octanol–water partition coefficient (Wildman–Crippen LogP) is -0.799. The number of aromatic nitrogens is 3. The monoisotopic (exact) mass is 297 g/mol. The molecule has 0 amide bonds. The second-order valence-electron chi connectivity index (χ2n) is 5.67. The van der Waals surface area contributed by atoms with Crippen molar-refractivity contribution in [2.45, 2.75) is 19.4 Å². The third kappa shape index (κ3) is 4.38. The Morgan fingerprint density at radius 3 is 2.57 bits per heavy atom. The lowest BCUT2D eigenvalue weighted by atomic mass is 10.1. The molecule has 1 fully saturated rings. The zero-order chi connectivity index (χ0) is 15.5. The van der Waals surface area contributed by atoms with Gasteiger partial charge in [-0.1, -0.05) is 0 Å². The Labute approximate surface area is 124 Å². The van der Waals surface area contributed by atoms with Gasteiger partial charge in [0.25, 0.3) is 0 Å². The van der Waals surface area contributed by atoms with E-state index in [0.29, 0.717) is 37.6 Å². The third-order valence-electron chi connectivity index (χ3n) is 3.00. The highest BCUT2D eigenvalue weighted by atomic mass is 16.5. The van der Waals surface area contributed by atoms with Crippen molar-refractivity contribution in [1.82, 2.24) is 15.0 Å². The highest BCUT2D eigenvalue weighted by molar-refractivity contribution is 5.44. The number of aliphatic hydroxyl groups is 1. The average Bonchev–Trinajstić information content (AvgIpc) is 2.46. The number of nitrogens with one attached hydrogen (secondary N) is 1. The van der Waals surface area contributed by atoms with Crippen LogP contribution in [0.25, 0.3) is 0 Å². The molecule has 1 aromatic heterocycles. The Bertz CT molecular complexity index is 471. The van der Waals surface area contributed by atoms with E-state index in [0.717, 1.165) is 13.1 Å². The molecule has 0 aromatic carbocycles. The summed E-state index contributed by atoms with van der Waals surface area (Å²) in [5.74, 6) is 6.74. The van der Waals surface area contributed by atoms with Crippen LogP contribution in [0.3, 0.4) is 0 Å². The van der Waals surface area contributed by atoms with E-state index < -0.39 is 5.60 Å². The van der Waals surface area contributed by atoms with Gasteiger partial charge in [-0.05, 0) is 13.8 Å². The number of nitrogen functional groups attached to an aromatic ring is 1. The van der Waals surface area contributed by atoms with E-state index in [1.807, 2.05) is 11.9 Å². The van der Waals surface area contributed by atoms with Crippen molar-refractivity contribution in [3.8, 4) is 0 Å². The fourth-order valence-electron chi connectivity index (χ4n) is 2.15. The second kappa shape index (κ2) is 6.37. The number of rotatable bonds is 5. The molecule has 9 nitrogen and oxygen atoms in total. The number of hydrogen-bond acceptors (Lipinski definition) is 9. The second-order valence-corrected chi connectivity index (χ2v) is 5.67. The fraction of sp³-hybridized carbons (Fsp3) is 0.750. The molecule has 4 N–H and O–H groups in total. The van der Waals surface area contributed by atoms with Crippen LogP contribution in [0.1, 0.15) is 13.8 Å². The summed E-state index contributed by atoms with van der Waals surface area (Å²) in [7, 11) is 1.82. The van der Waals surface area contributed by atoms with Crippen LogP contribution in [0, 0.1) is 0 Å². The largest absolute Gasteiger partial charge is 0.389 e. The first kappa shape index (κ1) is 15.7. The van der Waals surface area contributed by atoms with E-state index in [1.54, 1.807) is 18.7 Å². The summed E-state index contributed by atoms with van der Waals surface area (Å²) >= 11 is 0. The van der Waals surface area contributed by atoms with Gasteiger partial charge in [0, 0.05) is 26.7 Å². The van der Waals surface area contributed by atoms with Gasteiger partial charge < -0.3 is 19.6 Å². The van der Waals surface area contributed by atoms with Crippen LogP contribution in [0.5, 0.6) is 0 Å². The topological polar surface area (TPSA) is 113 Å². The molecule has 0 saturated carbocycles. The zero-order valence-corrected chi connectivity index (χ0v) is 12.7. The van der Waals surface area contributed by atoms with Crippen LogP contribution in [-0.4, -0.2) is 65.6 Å². The summed E-state index contributed by atoms with van der Waals surface area (Å²) in [6.07, 6.45) is 0. The maximum Gasteiger partial charge on any atom is 0.243 e. The minimum absolute atomic E-state index is 0.295. The molecule has 1 saturated heterocycles. The minimum Gasteiger partial charge on any atom is -0.389 e. The van der Waals surface area contributed by atoms with Crippen LogP contribution in [0.15, 0.2) is 0 Å². The molecule has 1 aliphatic rings. The van der Waals surface area contributed by atoms with Gasteiger partial charge in [0.2, 0.25) is 17.8 Å². The number of hydrazine groups is 1. The zero-order valence-electron chi connectivity index (χ0n) is 12.7. The fourth-order valence-corrected chi connectivity index (χ4v) is 2.15. The van der Waals surface area contributed by atoms with Crippen LogP contribution >= 0.6 is 0 Å². The molecule has 0 unspecified atom stereocenters. The van der Waals surface area contributed by atoms with Crippen molar-refractivity contribution in [2.24, 2.45) is 5.84 Å². The summed E-state index contributed by atoms with van der Waals surface area (Å²) in [6, 6.07) is 0. The first-order valence-corrected chi connectivity index (χ1v) is 6.88. The maximum absolute atomic E-state index is 9.91. The molecule has 9 heteroatoms. The Morgan fingerprint density at radius 1 is 1.33 bits per heavy atom. The Hall–Kier alpha value is -1.71. The summed E-state index contributed by atoms with van der Waals surface area (Å²) in [5.41, 5.74) is 1.60. The van der Waals surface area contributed by atoms with E-state index in [-0.39, 0.29) is 0 Å². The van der Waals surface area contributed by atoms with E-state index in [2.05, 4.69) is 20.4 Å². The molecule has 0 bridgehead atoms. The molecule has 1 aromatic rings. The van der Waals surface area contributed by atoms with E-state index >= 15 is 0 Å². The van der Waals surface area contributed by atoms with Gasteiger partial charge >= 0.3 is 0 Å². The highest BCUT2D eigenvalue weighted by Gasteiger charge is 2.21. The third-order valence-corrected chi connectivity index (χ3v) is 3.00. The molecule has 2 heterocycles. The average molecular weight is 297 g/mol. The van der Waals surface area contributed by atoms with Crippen LogP contribution < -0.4 is 21.1 Å². The molecule has 21 heavy (non-hydrogen) atoms. The van der Waals surface area contributed by atoms with Crippen LogP contribution in [0.2, 0.25) is 0 Å². The summed E-state index contributed by atoms with van der Waals surface area (Å²) in [6.45, 7) is 6.60. The van der Waals surface area contributed by atoms with Crippen molar-refractivity contribution >= 4 is 17.8 Å². The van der Waals surface area contributed by atoms with Gasteiger partial charge in [-0.2, -0.15) is 15.0 Å². The van der Waals surface area contributed by atoms with Gasteiger partial charge in [0.15, 0.2) is 0 Å². The van der Waals surface area contributed by atoms with Crippen molar-refractivity contribution in [2.75, 3.05) is 55.1 Å². The number of nitrogens with two attached hydrogens (primary N) is 1. The Kier molecular flexibility index (Phi) is 4.76. The first-order valence-electron chi connectivity index (χ1n) is 6.88. The number of morpholine rings is 1. The van der Waals surface area contributed by atoms with Gasteiger partial charge in [0.1, 0.15) is 0 Å². The summed E-state index contributed by atoms with van der Waals surface area (Å²) in [5, 5.41) is 9.91. The first-order chi connectivity index (χ1) is 9.89. The maximum atomic E-state index is 9.91. The van der Waals surface area contributed by atoms with Gasteiger partial charge in [-0.3, -0.25) is 5.43 Å². The lowest BCUT2D eigenvalue weighted by Crippen LogP contribution is -2.39. The summed E-state index contributed by atoms with van der Waals surface area (Å²) in [4.78, 5) is 16.8. The van der Waals surface area contributed by atoms with E-state index in [9.17, 15) is 5.11 Å². The van der Waals surface area contributed by atoms with Crippen LogP contribution in [-0.2, 0) is 4.74 Å². The predicted molar refractivity (Wildman–Crippen MR) is 80.2 cm³/mol. The molecular formula is C12H23N7O2. The summed E-state index contributed by atoms with van der Waals surface area (Å²) < 4.78 is 5.32. The smallest absolute Gasteiger partial charge is 0.243 e. The van der Waals surface area contributed by atoms with Gasteiger partial charge in [-0.25, -0.2) is 5.84 Å². The van der Waals surface area contributed by atoms with Crippen molar-refractivity contribution in [3.63, 3.8) is 0 Å². The molecule has 118 valence electrons. The Balaban J connectivity index is 2.24. The van der Waals surface area contributed by atoms with Crippen molar-refractivity contribution in [1.29, 1.82) is 0 Å². The number of likely N-dealkylation sites (N-methyl/N-ethyl adjacent to an activating group) is 1. The Morgan fingerprint density at radius 2 is 2.00 bits per heavy atom. The van der Waals surface area contributed by atoms with E-state index in [1.165, 1.54) is 0 Å². The lowest BCUT2D eigenvalue weighted by Gasteiger charge is -2.29. The van der Waals surface area contributed by atoms with E-state index in [4.69, 9.17) is 10.6 Å². The molecule has 0 atom stereocenters. The van der Waals surface area contributed by atoms with Crippen molar-refractivity contribution in [3.05, 3.63) is 0 Å². The normalized spacial score (nSPS) is 16.0. The SMILES string of the molecule is CN(CC(C)(C)O)c1nc(NN)nc(N2CCOCC2)n1. The molecule has 2 rings (SSSR count). The molecule has 1 aliphatic heterocycles.